The average Bonchev–Trinajstić information content (AvgIpc) is 2.38. The first-order chi connectivity index (χ1) is 8.61. The highest BCUT2D eigenvalue weighted by molar-refractivity contribution is 6.30. The molecule has 1 nitrogen and oxygen atoms in total. The van der Waals surface area contributed by atoms with E-state index < -0.39 is 0 Å². The van der Waals surface area contributed by atoms with Crippen molar-refractivity contribution in [2.75, 3.05) is 7.11 Å². The average molecular weight is 261 g/mol. The van der Waals surface area contributed by atoms with Crippen molar-refractivity contribution in [1.82, 2.24) is 0 Å². The van der Waals surface area contributed by atoms with E-state index in [1.807, 2.05) is 30.3 Å². The topological polar surface area (TPSA) is 9.23 Å². The van der Waals surface area contributed by atoms with E-state index in [-0.39, 0.29) is 0 Å². The van der Waals surface area contributed by atoms with E-state index in [1.54, 1.807) is 7.11 Å². The van der Waals surface area contributed by atoms with Gasteiger partial charge in [0, 0.05) is 5.02 Å². The Bertz CT molecular complexity index is 529. The van der Waals surface area contributed by atoms with Crippen molar-refractivity contribution in [3.8, 4) is 16.9 Å². The maximum atomic E-state index is 5.94. The van der Waals surface area contributed by atoms with Gasteiger partial charge in [0.2, 0.25) is 0 Å². The lowest BCUT2D eigenvalue weighted by Crippen LogP contribution is -1.94. The van der Waals surface area contributed by atoms with Crippen molar-refractivity contribution in [2.24, 2.45) is 0 Å². The van der Waals surface area contributed by atoms with Gasteiger partial charge in [0.05, 0.1) is 7.11 Å². The third-order valence-electron chi connectivity index (χ3n) is 3.04. The molecule has 0 atom stereocenters. The Labute approximate surface area is 113 Å². The van der Waals surface area contributed by atoms with Gasteiger partial charge in [-0.25, -0.2) is 0 Å². The van der Waals surface area contributed by atoms with Crippen LogP contribution in [-0.4, -0.2) is 7.11 Å². The lowest BCUT2D eigenvalue weighted by molar-refractivity contribution is 0.415. The van der Waals surface area contributed by atoms with Gasteiger partial charge in [0.15, 0.2) is 0 Å². The zero-order chi connectivity index (χ0) is 13.1. The van der Waals surface area contributed by atoms with Gasteiger partial charge in [0.1, 0.15) is 5.75 Å². The minimum atomic E-state index is 0.474. The summed E-state index contributed by atoms with van der Waals surface area (Å²) < 4.78 is 5.31. The third kappa shape index (κ3) is 2.68. The Morgan fingerprint density at radius 1 is 1.00 bits per heavy atom. The maximum absolute atomic E-state index is 5.94. The van der Waals surface area contributed by atoms with Crippen molar-refractivity contribution in [1.29, 1.82) is 0 Å². The molecule has 2 rings (SSSR count). The molecular weight excluding hydrogens is 244 g/mol. The SMILES string of the molecule is COc1ccc(C(C)C)c(-c2ccc(Cl)cc2)c1. The Kier molecular flexibility index (Phi) is 3.93. The van der Waals surface area contributed by atoms with E-state index in [2.05, 4.69) is 26.0 Å². The molecule has 0 spiro atoms. The van der Waals surface area contributed by atoms with Gasteiger partial charge < -0.3 is 4.74 Å². The van der Waals surface area contributed by atoms with Gasteiger partial charge in [-0.15, -0.1) is 0 Å². The molecular formula is C16H17ClO. The summed E-state index contributed by atoms with van der Waals surface area (Å²) in [4.78, 5) is 0. The van der Waals surface area contributed by atoms with Gasteiger partial charge in [0.25, 0.3) is 0 Å². The fourth-order valence-corrected chi connectivity index (χ4v) is 2.17. The van der Waals surface area contributed by atoms with Crippen molar-refractivity contribution in [2.45, 2.75) is 19.8 Å². The minimum absolute atomic E-state index is 0.474. The molecule has 0 N–H and O–H groups in total. The summed E-state index contributed by atoms with van der Waals surface area (Å²) in [5.74, 6) is 1.35. The summed E-state index contributed by atoms with van der Waals surface area (Å²) in [5.41, 5.74) is 3.70. The second-order valence-corrected chi connectivity index (χ2v) is 5.05. The van der Waals surface area contributed by atoms with Gasteiger partial charge in [-0.1, -0.05) is 43.6 Å². The number of benzene rings is 2. The zero-order valence-corrected chi connectivity index (χ0v) is 11.7. The highest BCUT2D eigenvalue weighted by Gasteiger charge is 2.10. The van der Waals surface area contributed by atoms with Crippen LogP contribution in [0.15, 0.2) is 42.5 Å². The Hall–Kier alpha value is -1.47. The molecule has 0 fully saturated rings. The Morgan fingerprint density at radius 3 is 2.22 bits per heavy atom. The van der Waals surface area contributed by atoms with Crippen LogP contribution in [0.5, 0.6) is 5.75 Å². The molecule has 0 saturated carbocycles. The van der Waals surface area contributed by atoms with Crippen molar-refractivity contribution in [3.63, 3.8) is 0 Å². The quantitative estimate of drug-likeness (QED) is 0.743. The van der Waals surface area contributed by atoms with Crippen LogP contribution < -0.4 is 4.74 Å². The summed E-state index contributed by atoms with van der Waals surface area (Å²) in [6, 6.07) is 14.1. The van der Waals surface area contributed by atoms with Gasteiger partial charge in [-0.05, 0) is 46.9 Å². The van der Waals surface area contributed by atoms with Crippen LogP contribution in [0.2, 0.25) is 5.02 Å². The Balaban J connectivity index is 2.55. The number of ether oxygens (including phenoxy) is 1. The van der Waals surface area contributed by atoms with Crippen LogP contribution in [0, 0.1) is 0 Å². The van der Waals surface area contributed by atoms with Crippen LogP contribution >= 0.6 is 11.6 Å². The molecule has 94 valence electrons. The fraction of sp³-hybridized carbons (Fsp3) is 0.250. The zero-order valence-electron chi connectivity index (χ0n) is 10.9. The van der Waals surface area contributed by atoms with Crippen molar-refractivity contribution < 1.29 is 4.74 Å². The van der Waals surface area contributed by atoms with Crippen LogP contribution in [0.4, 0.5) is 0 Å². The van der Waals surface area contributed by atoms with Crippen LogP contribution in [0.1, 0.15) is 25.3 Å². The van der Waals surface area contributed by atoms with Crippen molar-refractivity contribution >= 4 is 11.6 Å². The first kappa shape index (κ1) is 13.0. The molecule has 0 aromatic heterocycles. The third-order valence-corrected chi connectivity index (χ3v) is 3.29. The molecule has 2 aromatic carbocycles. The molecule has 0 radical (unpaired) electrons. The Morgan fingerprint density at radius 2 is 1.67 bits per heavy atom. The number of rotatable bonds is 3. The second-order valence-electron chi connectivity index (χ2n) is 4.61. The summed E-state index contributed by atoms with van der Waals surface area (Å²) in [6.07, 6.45) is 0. The van der Waals surface area contributed by atoms with E-state index in [0.29, 0.717) is 5.92 Å². The smallest absolute Gasteiger partial charge is 0.119 e. The number of methoxy groups -OCH3 is 1. The van der Waals surface area contributed by atoms with Gasteiger partial charge in [-0.3, -0.25) is 0 Å². The molecule has 0 aliphatic carbocycles. The standard InChI is InChI=1S/C16H17ClO/c1-11(2)15-9-8-14(18-3)10-16(15)12-4-6-13(17)7-5-12/h4-11H,1-3H3. The van der Waals surface area contributed by atoms with E-state index in [0.717, 1.165) is 10.8 Å². The first-order valence-corrected chi connectivity index (χ1v) is 6.43. The number of hydrogen-bond acceptors (Lipinski definition) is 1. The normalized spacial score (nSPS) is 10.7. The summed E-state index contributed by atoms with van der Waals surface area (Å²) >= 11 is 5.94. The summed E-state index contributed by atoms with van der Waals surface area (Å²) in [6.45, 7) is 4.39. The largest absolute Gasteiger partial charge is 0.497 e. The highest BCUT2D eigenvalue weighted by Crippen LogP contribution is 2.32. The lowest BCUT2D eigenvalue weighted by atomic mass is 9.92. The predicted molar refractivity (Wildman–Crippen MR) is 77.5 cm³/mol. The fourth-order valence-electron chi connectivity index (χ4n) is 2.05. The number of halogens is 1. The molecule has 0 aliphatic rings. The van der Waals surface area contributed by atoms with Gasteiger partial charge >= 0.3 is 0 Å². The minimum Gasteiger partial charge on any atom is -0.497 e. The predicted octanol–water partition coefficient (Wildman–Crippen LogP) is 5.14. The molecule has 0 unspecified atom stereocenters. The first-order valence-electron chi connectivity index (χ1n) is 6.05. The monoisotopic (exact) mass is 260 g/mol. The van der Waals surface area contributed by atoms with E-state index >= 15 is 0 Å². The van der Waals surface area contributed by atoms with E-state index in [9.17, 15) is 0 Å². The molecule has 18 heavy (non-hydrogen) atoms. The molecule has 2 aromatic rings. The molecule has 2 heteroatoms. The van der Waals surface area contributed by atoms with Crippen LogP contribution in [0.3, 0.4) is 0 Å². The van der Waals surface area contributed by atoms with Gasteiger partial charge in [-0.2, -0.15) is 0 Å². The molecule has 0 saturated heterocycles. The molecule has 0 amide bonds. The van der Waals surface area contributed by atoms with Crippen molar-refractivity contribution in [3.05, 3.63) is 53.1 Å². The molecule has 0 bridgehead atoms. The summed E-state index contributed by atoms with van der Waals surface area (Å²) in [5, 5.41) is 0.757. The second kappa shape index (κ2) is 5.45. The number of hydrogen-bond donors (Lipinski definition) is 0. The lowest BCUT2D eigenvalue weighted by Gasteiger charge is -2.14. The van der Waals surface area contributed by atoms with E-state index in [4.69, 9.17) is 16.3 Å². The molecule has 0 heterocycles. The van der Waals surface area contributed by atoms with E-state index in [1.165, 1.54) is 16.7 Å². The summed E-state index contributed by atoms with van der Waals surface area (Å²) in [7, 11) is 1.69. The van der Waals surface area contributed by atoms with Crippen LogP contribution in [0.25, 0.3) is 11.1 Å². The highest BCUT2D eigenvalue weighted by atomic mass is 35.5. The molecule has 0 aliphatic heterocycles. The maximum Gasteiger partial charge on any atom is 0.119 e. The van der Waals surface area contributed by atoms with Crippen LogP contribution in [-0.2, 0) is 0 Å².